The number of ether oxygens (including phenoxy) is 2. The van der Waals surface area contributed by atoms with Crippen LogP contribution in [0.5, 0.6) is 0 Å². The Morgan fingerprint density at radius 2 is 1.76 bits per heavy atom. The first-order chi connectivity index (χ1) is 11.9. The van der Waals surface area contributed by atoms with Crippen LogP contribution in [-0.4, -0.2) is 30.9 Å². The second-order valence-electron chi connectivity index (χ2n) is 5.81. The summed E-state index contributed by atoms with van der Waals surface area (Å²) in [7, 11) is 0. The highest BCUT2D eigenvalue weighted by Gasteiger charge is 2.42. The van der Waals surface area contributed by atoms with Crippen LogP contribution in [0.1, 0.15) is 39.2 Å². The van der Waals surface area contributed by atoms with Gasteiger partial charge in [0.1, 0.15) is 5.92 Å². The summed E-state index contributed by atoms with van der Waals surface area (Å²) >= 11 is 0. The average Bonchev–Trinajstić information content (AvgIpc) is 2.54. The molecule has 1 aliphatic heterocycles. The van der Waals surface area contributed by atoms with E-state index in [1.807, 2.05) is 18.2 Å². The van der Waals surface area contributed by atoms with Gasteiger partial charge in [-0.15, -0.1) is 0 Å². The third kappa shape index (κ3) is 3.73. The predicted octanol–water partition coefficient (Wildman–Crippen LogP) is 2.84. The van der Waals surface area contributed by atoms with Crippen LogP contribution in [0.25, 0.3) is 0 Å². The molecule has 6 heteroatoms. The van der Waals surface area contributed by atoms with Gasteiger partial charge in [-0.25, -0.2) is 4.79 Å². The molecule has 0 radical (unpaired) electrons. The van der Waals surface area contributed by atoms with Crippen LogP contribution in [0.4, 0.5) is 5.69 Å². The maximum Gasteiger partial charge on any atom is 0.336 e. The molecule has 0 aliphatic carbocycles. The highest BCUT2D eigenvalue weighted by molar-refractivity contribution is 6.07. The smallest absolute Gasteiger partial charge is 0.336 e. The highest BCUT2D eigenvalue weighted by Crippen LogP contribution is 2.42. The second kappa shape index (κ2) is 7.96. The largest absolute Gasteiger partial charge is 0.465 e. The van der Waals surface area contributed by atoms with Gasteiger partial charge in [-0.05, 0) is 39.3 Å². The third-order valence-electron chi connectivity index (χ3n) is 4.20. The van der Waals surface area contributed by atoms with Gasteiger partial charge in [0.2, 0.25) is 0 Å². The summed E-state index contributed by atoms with van der Waals surface area (Å²) in [4.78, 5) is 29.6. The van der Waals surface area contributed by atoms with E-state index in [2.05, 4.69) is 4.99 Å². The number of benzene rings is 1. The molecule has 0 fully saturated rings. The number of carbonyl (C=O) groups excluding carboxylic acids is 2. The SMILES string of the molecule is CCOC(=O)C1=C(C)N=C(C)C(C(=O)OCC)C1c1ccccc1N. The van der Waals surface area contributed by atoms with Crippen molar-refractivity contribution in [3.05, 3.63) is 41.1 Å². The number of nitrogens with two attached hydrogens (primary N) is 1. The summed E-state index contributed by atoms with van der Waals surface area (Å²) in [5, 5.41) is 0. The van der Waals surface area contributed by atoms with Crippen LogP contribution < -0.4 is 5.73 Å². The van der Waals surface area contributed by atoms with Gasteiger partial charge < -0.3 is 15.2 Å². The summed E-state index contributed by atoms with van der Waals surface area (Å²) in [6.45, 7) is 7.46. The normalized spacial score (nSPS) is 20.1. The first-order valence-corrected chi connectivity index (χ1v) is 8.36. The number of rotatable bonds is 5. The van der Waals surface area contributed by atoms with E-state index in [0.717, 1.165) is 0 Å². The predicted molar refractivity (Wildman–Crippen MR) is 96.2 cm³/mol. The monoisotopic (exact) mass is 344 g/mol. The Kier molecular flexibility index (Phi) is 5.96. The number of nitrogen functional groups attached to an aromatic ring is 1. The Morgan fingerprint density at radius 1 is 1.12 bits per heavy atom. The lowest BCUT2D eigenvalue weighted by atomic mass is 9.75. The molecule has 0 aromatic heterocycles. The van der Waals surface area contributed by atoms with Gasteiger partial charge in [-0.2, -0.15) is 0 Å². The van der Waals surface area contributed by atoms with Crippen LogP contribution in [0.3, 0.4) is 0 Å². The number of aliphatic imine (C=N–C) groups is 1. The van der Waals surface area contributed by atoms with Crippen molar-refractivity contribution < 1.29 is 19.1 Å². The zero-order valence-electron chi connectivity index (χ0n) is 15.0. The first kappa shape index (κ1) is 18.7. The fraction of sp³-hybridized carbons (Fsp3) is 0.421. The molecule has 6 nitrogen and oxygen atoms in total. The topological polar surface area (TPSA) is 91.0 Å². The lowest BCUT2D eigenvalue weighted by molar-refractivity contribution is -0.146. The Labute approximate surface area is 147 Å². The van der Waals surface area contributed by atoms with Gasteiger partial charge in [0.15, 0.2) is 0 Å². The average molecular weight is 344 g/mol. The van der Waals surface area contributed by atoms with E-state index in [9.17, 15) is 9.59 Å². The number of esters is 2. The van der Waals surface area contributed by atoms with Gasteiger partial charge in [0, 0.05) is 23.0 Å². The minimum atomic E-state index is -0.715. The van der Waals surface area contributed by atoms with Crippen LogP contribution >= 0.6 is 0 Å². The lowest BCUT2D eigenvalue weighted by Gasteiger charge is -2.32. The van der Waals surface area contributed by atoms with Gasteiger partial charge in [0.25, 0.3) is 0 Å². The molecule has 1 aromatic rings. The number of para-hydroxylation sites is 1. The number of nitrogens with zero attached hydrogens (tertiary/aromatic N) is 1. The third-order valence-corrected chi connectivity index (χ3v) is 4.20. The Balaban J connectivity index is 2.65. The first-order valence-electron chi connectivity index (χ1n) is 8.36. The molecule has 134 valence electrons. The lowest BCUT2D eigenvalue weighted by Crippen LogP contribution is -2.36. The summed E-state index contributed by atoms with van der Waals surface area (Å²) in [6.07, 6.45) is 0. The summed E-state index contributed by atoms with van der Waals surface area (Å²) in [6, 6.07) is 7.20. The molecule has 0 amide bonds. The van der Waals surface area contributed by atoms with Crippen molar-refractivity contribution in [2.24, 2.45) is 10.9 Å². The van der Waals surface area contributed by atoms with E-state index in [4.69, 9.17) is 15.2 Å². The number of hydrogen-bond acceptors (Lipinski definition) is 6. The Morgan fingerprint density at radius 3 is 2.36 bits per heavy atom. The molecular weight excluding hydrogens is 320 g/mol. The molecule has 0 saturated heterocycles. The maximum atomic E-state index is 12.6. The fourth-order valence-electron chi connectivity index (χ4n) is 3.18. The van der Waals surface area contributed by atoms with Crippen LogP contribution in [0, 0.1) is 5.92 Å². The summed E-state index contributed by atoms with van der Waals surface area (Å²) in [5.74, 6) is -2.21. The summed E-state index contributed by atoms with van der Waals surface area (Å²) < 4.78 is 10.4. The molecule has 0 bridgehead atoms. The number of hydrogen-bond donors (Lipinski definition) is 1. The fourth-order valence-corrected chi connectivity index (χ4v) is 3.18. The van der Waals surface area contributed by atoms with Crippen LogP contribution in [0.2, 0.25) is 0 Å². The van der Waals surface area contributed by atoms with Crippen LogP contribution in [0.15, 0.2) is 40.5 Å². The molecule has 1 aromatic carbocycles. The number of carbonyl (C=O) groups is 2. The minimum absolute atomic E-state index is 0.235. The molecule has 1 aliphatic rings. The van der Waals surface area contributed by atoms with Gasteiger partial charge in [-0.1, -0.05) is 18.2 Å². The molecule has 25 heavy (non-hydrogen) atoms. The summed E-state index contributed by atoms with van der Waals surface area (Å²) in [5.41, 5.74) is 8.82. The number of allylic oxidation sites excluding steroid dienone is 1. The molecular formula is C19H24N2O4. The van der Waals surface area contributed by atoms with E-state index >= 15 is 0 Å². The van der Waals surface area contributed by atoms with Crippen molar-refractivity contribution in [1.82, 2.24) is 0 Å². The van der Waals surface area contributed by atoms with Crippen LogP contribution in [-0.2, 0) is 19.1 Å². The van der Waals surface area contributed by atoms with E-state index in [0.29, 0.717) is 28.2 Å². The van der Waals surface area contributed by atoms with Crippen molar-refractivity contribution >= 4 is 23.3 Å². The van der Waals surface area contributed by atoms with Gasteiger partial charge in [-0.3, -0.25) is 9.79 Å². The Hall–Kier alpha value is -2.63. The van der Waals surface area contributed by atoms with Crippen molar-refractivity contribution in [1.29, 1.82) is 0 Å². The van der Waals surface area contributed by atoms with Crippen molar-refractivity contribution in [3.8, 4) is 0 Å². The van der Waals surface area contributed by atoms with Crippen molar-refractivity contribution in [2.45, 2.75) is 33.6 Å². The van der Waals surface area contributed by atoms with E-state index in [1.54, 1.807) is 33.8 Å². The van der Waals surface area contributed by atoms with E-state index < -0.39 is 23.8 Å². The second-order valence-corrected chi connectivity index (χ2v) is 5.81. The number of anilines is 1. The molecule has 2 atom stereocenters. The molecule has 2 rings (SSSR count). The van der Waals surface area contributed by atoms with Gasteiger partial charge in [0.05, 0.1) is 18.8 Å². The minimum Gasteiger partial charge on any atom is -0.465 e. The molecule has 0 spiro atoms. The molecule has 0 saturated carbocycles. The molecule has 1 heterocycles. The standard InChI is InChI=1S/C19H24N2O4/c1-5-24-18(22)15-11(3)21-12(4)16(19(23)25-6-2)17(15)13-9-7-8-10-14(13)20/h7-10,15,17H,5-6,20H2,1-4H3. The van der Waals surface area contributed by atoms with E-state index in [1.165, 1.54) is 0 Å². The maximum absolute atomic E-state index is 12.6. The highest BCUT2D eigenvalue weighted by atomic mass is 16.5. The zero-order chi connectivity index (χ0) is 18.6. The Bertz CT molecular complexity index is 737. The molecule has 2 unspecified atom stereocenters. The van der Waals surface area contributed by atoms with Gasteiger partial charge >= 0.3 is 11.9 Å². The quantitative estimate of drug-likeness (QED) is 0.655. The van der Waals surface area contributed by atoms with Crippen molar-refractivity contribution in [3.63, 3.8) is 0 Å². The zero-order valence-corrected chi connectivity index (χ0v) is 15.0. The van der Waals surface area contributed by atoms with E-state index in [-0.39, 0.29) is 13.2 Å². The van der Waals surface area contributed by atoms with Crippen molar-refractivity contribution in [2.75, 3.05) is 18.9 Å². The molecule has 2 N–H and O–H groups in total.